The number of carbonyl (C=O) groups excluding carboxylic acids is 1. The number of anilines is 1. The SMILES string of the molecule is CN1C(=O)[C@]2(C(C#N)=C(N)C(C#N)(C#N)C3=CCCC[C@H]32)c2ccccc21. The normalized spacial score (nSPS) is 27.9. The molecule has 1 spiro atoms. The number of amides is 1. The Morgan fingerprint density at radius 2 is 1.93 bits per heavy atom. The number of allylic oxidation sites excluding steroid dienone is 2. The molecule has 1 aliphatic heterocycles. The van der Waals surface area contributed by atoms with E-state index in [1.807, 2.05) is 42.5 Å². The van der Waals surface area contributed by atoms with Crippen LogP contribution in [0.15, 0.2) is 47.2 Å². The summed E-state index contributed by atoms with van der Waals surface area (Å²) in [4.78, 5) is 15.1. The van der Waals surface area contributed by atoms with E-state index in [4.69, 9.17) is 5.73 Å². The zero-order chi connectivity index (χ0) is 19.4. The Balaban J connectivity index is 2.19. The molecule has 0 radical (unpaired) electrons. The topological polar surface area (TPSA) is 118 Å². The van der Waals surface area contributed by atoms with Crippen molar-refractivity contribution in [2.75, 3.05) is 11.9 Å². The van der Waals surface area contributed by atoms with Crippen LogP contribution in [0, 0.1) is 45.3 Å². The molecule has 1 aromatic rings. The van der Waals surface area contributed by atoms with Crippen LogP contribution in [0.25, 0.3) is 0 Å². The van der Waals surface area contributed by atoms with Crippen LogP contribution in [0.2, 0.25) is 0 Å². The van der Waals surface area contributed by atoms with Crippen molar-refractivity contribution in [2.45, 2.75) is 24.7 Å². The van der Waals surface area contributed by atoms with Crippen molar-refractivity contribution < 1.29 is 4.79 Å². The van der Waals surface area contributed by atoms with Crippen molar-refractivity contribution in [1.82, 2.24) is 0 Å². The van der Waals surface area contributed by atoms with E-state index in [9.17, 15) is 20.6 Å². The average Bonchev–Trinajstić information content (AvgIpc) is 2.93. The summed E-state index contributed by atoms with van der Waals surface area (Å²) in [6.07, 6.45) is 4.02. The minimum absolute atomic E-state index is 0.0384. The lowest BCUT2D eigenvalue weighted by atomic mass is 9.51. The van der Waals surface area contributed by atoms with Gasteiger partial charge in [0, 0.05) is 18.7 Å². The van der Waals surface area contributed by atoms with E-state index in [-0.39, 0.29) is 17.2 Å². The van der Waals surface area contributed by atoms with Crippen LogP contribution >= 0.6 is 0 Å². The Bertz CT molecular complexity index is 1050. The third-order valence-electron chi connectivity index (χ3n) is 6.24. The van der Waals surface area contributed by atoms with Gasteiger partial charge < -0.3 is 10.6 Å². The number of para-hydroxylation sites is 1. The summed E-state index contributed by atoms with van der Waals surface area (Å²) < 4.78 is 0. The summed E-state index contributed by atoms with van der Waals surface area (Å²) in [6, 6.07) is 13.6. The summed E-state index contributed by atoms with van der Waals surface area (Å²) in [6.45, 7) is 0. The zero-order valence-corrected chi connectivity index (χ0v) is 14.9. The predicted molar refractivity (Wildman–Crippen MR) is 97.4 cm³/mol. The molecule has 0 fully saturated rings. The number of fused-ring (bicyclic) bond motifs is 4. The lowest BCUT2D eigenvalue weighted by Gasteiger charge is -2.47. The quantitative estimate of drug-likeness (QED) is 0.717. The van der Waals surface area contributed by atoms with Crippen molar-refractivity contribution >= 4 is 11.6 Å². The van der Waals surface area contributed by atoms with E-state index < -0.39 is 16.7 Å². The minimum atomic E-state index is -1.70. The molecule has 0 bridgehead atoms. The van der Waals surface area contributed by atoms with E-state index >= 15 is 0 Å². The standard InChI is InChI=1S/C21H17N5O/c1-26-17-9-5-4-8-15(17)21(19(26)27)14-7-3-2-6-13(14)20(11-23,12-24)18(25)16(21)10-22/h4-6,8-9,14H,2-3,7,25H2,1H3/t14-,21+/m1/s1. The lowest BCUT2D eigenvalue weighted by Crippen LogP contribution is -2.54. The van der Waals surface area contributed by atoms with Crippen molar-refractivity contribution in [3.05, 3.63) is 52.7 Å². The van der Waals surface area contributed by atoms with Gasteiger partial charge in [-0.2, -0.15) is 15.8 Å². The number of hydrogen-bond acceptors (Lipinski definition) is 5. The molecule has 1 heterocycles. The van der Waals surface area contributed by atoms with Gasteiger partial charge in [-0.1, -0.05) is 24.3 Å². The van der Waals surface area contributed by atoms with Gasteiger partial charge in [-0.15, -0.1) is 0 Å². The summed E-state index contributed by atoms with van der Waals surface area (Å²) in [5.41, 5.74) is 5.29. The smallest absolute Gasteiger partial charge is 0.243 e. The van der Waals surface area contributed by atoms with Gasteiger partial charge in [0.25, 0.3) is 0 Å². The largest absolute Gasteiger partial charge is 0.399 e. The lowest BCUT2D eigenvalue weighted by molar-refractivity contribution is -0.123. The summed E-state index contributed by atoms with van der Waals surface area (Å²) in [7, 11) is 1.68. The fourth-order valence-electron chi connectivity index (χ4n) is 5.06. The van der Waals surface area contributed by atoms with E-state index in [1.165, 1.54) is 0 Å². The van der Waals surface area contributed by atoms with E-state index in [0.717, 1.165) is 17.7 Å². The molecule has 0 unspecified atom stereocenters. The van der Waals surface area contributed by atoms with Crippen LogP contribution in [0.3, 0.4) is 0 Å². The molecule has 1 amide bonds. The highest BCUT2D eigenvalue weighted by Gasteiger charge is 2.65. The van der Waals surface area contributed by atoms with Gasteiger partial charge in [0.2, 0.25) is 11.3 Å². The number of hydrogen-bond donors (Lipinski definition) is 1. The molecule has 2 N–H and O–H groups in total. The summed E-state index contributed by atoms with van der Waals surface area (Å²) in [5.74, 6) is -0.670. The van der Waals surface area contributed by atoms with Gasteiger partial charge in [-0.25, -0.2) is 0 Å². The van der Waals surface area contributed by atoms with Crippen LogP contribution in [-0.2, 0) is 10.2 Å². The predicted octanol–water partition coefficient (Wildman–Crippen LogP) is 2.41. The maximum absolute atomic E-state index is 13.6. The molecule has 0 saturated carbocycles. The molecule has 4 rings (SSSR count). The fourth-order valence-corrected chi connectivity index (χ4v) is 5.06. The highest BCUT2D eigenvalue weighted by molar-refractivity contribution is 6.11. The number of likely N-dealkylation sites (N-methyl/N-ethyl adjacent to an activating group) is 1. The number of nitriles is 3. The molecule has 3 aliphatic rings. The Labute approximate surface area is 157 Å². The molecule has 6 nitrogen and oxygen atoms in total. The van der Waals surface area contributed by atoms with E-state index in [2.05, 4.69) is 6.07 Å². The second kappa shape index (κ2) is 5.47. The fraction of sp³-hybridized carbons (Fsp3) is 0.333. The Hall–Kier alpha value is -3.56. The molecular weight excluding hydrogens is 338 g/mol. The first-order chi connectivity index (χ1) is 13.0. The molecule has 2 aliphatic carbocycles. The Kier molecular flexibility index (Phi) is 3.42. The van der Waals surface area contributed by atoms with Crippen LogP contribution < -0.4 is 10.6 Å². The zero-order valence-electron chi connectivity index (χ0n) is 14.9. The second-order valence-corrected chi connectivity index (χ2v) is 7.21. The van der Waals surface area contributed by atoms with Gasteiger partial charge in [0.05, 0.1) is 29.5 Å². The third kappa shape index (κ3) is 1.69. The van der Waals surface area contributed by atoms with Gasteiger partial charge in [-0.05, 0) is 36.5 Å². The molecule has 27 heavy (non-hydrogen) atoms. The number of nitrogens with two attached hydrogens (primary N) is 1. The van der Waals surface area contributed by atoms with Gasteiger partial charge >= 0.3 is 0 Å². The van der Waals surface area contributed by atoms with Gasteiger partial charge in [-0.3, -0.25) is 4.79 Å². The number of carbonyl (C=O) groups is 1. The maximum Gasteiger partial charge on any atom is 0.243 e. The molecule has 0 aromatic heterocycles. The van der Waals surface area contributed by atoms with Crippen molar-refractivity contribution in [3.8, 4) is 18.2 Å². The number of benzene rings is 1. The van der Waals surface area contributed by atoms with Crippen LogP contribution in [0.1, 0.15) is 24.8 Å². The molecule has 1 aromatic carbocycles. The monoisotopic (exact) mass is 355 g/mol. The number of nitrogens with zero attached hydrogens (tertiary/aromatic N) is 4. The van der Waals surface area contributed by atoms with Crippen molar-refractivity contribution in [2.24, 2.45) is 17.1 Å². The highest BCUT2D eigenvalue weighted by Crippen LogP contribution is 2.61. The minimum Gasteiger partial charge on any atom is -0.399 e. The molecule has 0 saturated heterocycles. The van der Waals surface area contributed by atoms with Crippen LogP contribution in [0.5, 0.6) is 0 Å². The summed E-state index contributed by atoms with van der Waals surface area (Å²) in [5, 5.41) is 29.8. The Morgan fingerprint density at radius 1 is 1.22 bits per heavy atom. The first kappa shape index (κ1) is 16.9. The molecule has 6 heteroatoms. The van der Waals surface area contributed by atoms with Crippen LogP contribution in [0.4, 0.5) is 5.69 Å². The highest BCUT2D eigenvalue weighted by atomic mass is 16.2. The molecule has 132 valence electrons. The van der Waals surface area contributed by atoms with Gasteiger partial charge in [0.1, 0.15) is 5.41 Å². The molecule has 2 atom stereocenters. The Morgan fingerprint density at radius 3 is 2.59 bits per heavy atom. The number of rotatable bonds is 0. The first-order valence-electron chi connectivity index (χ1n) is 8.82. The van der Waals surface area contributed by atoms with Crippen LogP contribution in [-0.4, -0.2) is 13.0 Å². The second-order valence-electron chi connectivity index (χ2n) is 7.21. The van der Waals surface area contributed by atoms with E-state index in [1.54, 1.807) is 11.9 Å². The maximum atomic E-state index is 13.6. The third-order valence-corrected chi connectivity index (χ3v) is 6.24. The van der Waals surface area contributed by atoms with Crippen molar-refractivity contribution in [1.29, 1.82) is 15.8 Å². The first-order valence-corrected chi connectivity index (χ1v) is 8.82. The van der Waals surface area contributed by atoms with Crippen molar-refractivity contribution in [3.63, 3.8) is 0 Å². The average molecular weight is 355 g/mol. The van der Waals surface area contributed by atoms with E-state index in [0.29, 0.717) is 18.4 Å². The van der Waals surface area contributed by atoms with Gasteiger partial charge in [0.15, 0.2) is 0 Å². The summed E-state index contributed by atoms with van der Waals surface area (Å²) >= 11 is 0. The molecular formula is C21H17N5O.